The lowest BCUT2D eigenvalue weighted by Gasteiger charge is -2.22. The number of carbonyl (C=O) groups is 1. The van der Waals surface area contributed by atoms with Crippen molar-refractivity contribution in [2.24, 2.45) is 0 Å². The summed E-state index contributed by atoms with van der Waals surface area (Å²) in [6.07, 6.45) is 3.55. The quantitative estimate of drug-likeness (QED) is 0.793. The van der Waals surface area contributed by atoms with Gasteiger partial charge in [-0.3, -0.25) is 4.79 Å². The minimum atomic E-state index is -0.202. The maximum atomic E-state index is 12.4. The van der Waals surface area contributed by atoms with Crippen LogP contribution in [-0.4, -0.2) is 25.2 Å². The standard InChI is InChI=1S/C19H23N5O/c1-14-10-17(24(22-14)19(2,3)4)21-18(25)12-23-11-16(20-13-23)15-8-6-5-7-9-15/h5-11,13H,12H2,1-4H3,(H,21,25). The third-order valence-electron chi connectivity index (χ3n) is 3.76. The highest BCUT2D eigenvalue weighted by Crippen LogP contribution is 2.21. The number of hydrogen-bond donors (Lipinski definition) is 1. The van der Waals surface area contributed by atoms with Crippen LogP contribution in [0.2, 0.25) is 0 Å². The Hall–Kier alpha value is -2.89. The lowest BCUT2D eigenvalue weighted by Crippen LogP contribution is -2.27. The van der Waals surface area contributed by atoms with Gasteiger partial charge in [0.1, 0.15) is 12.4 Å². The fourth-order valence-electron chi connectivity index (χ4n) is 2.65. The fourth-order valence-corrected chi connectivity index (χ4v) is 2.65. The van der Waals surface area contributed by atoms with E-state index in [0.29, 0.717) is 5.82 Å². The number of anilines is 1. The Balaban J connectivity index is 1.71. The summed E-state index contributed by atoms with van der Waals surface area (Å²) in [5, 5.41) is 7.42. The Morgan fingerprint density at radius 2 is 1.92 bits per heavy atom. The topological polar surface area (TPSA) is 64.7 Å². The summed E-state index contributed by atoms with van der Waals surface area (Å²) in [4.78, 5) is 16.8. The molecular weight excluding hydrogens is 314 g/mol. The van der Waals surface area contributed by atoms with Crippen LogP contribution in [0.15, 0.2) is 48.9 Å². The third kappa shape index (κ3) is 3.96. The molecule has 0 spiro atoms. The second-order valence-electron chi connectivity index (χ2n) is 7.10. The van der Waals surface area contributed by atoms with Crippen molar-refractivity contribution < 1.29 is 4.79 Å². The summed E-state index contributed by atoms with van der Waals surface area (Å²) in [5.74, 6) is 0.598. The predicted octanol–water partition coefficient (Wildman–Crippen LogP) is 3.45. The van der Waals surface area contributed by atoms with Gasteiger partial charge >= 0.3 is 0 Å². The molecule has 2 aromatic heterocycles. The van der Waals surface area contributed by atoms with Gasteiger partial charge in [-0.05, 0) is 27.7 Å². The molecule has 0 unspecified atom stereocenters. The van der Waals surface area contributed by atoms with Gasteiger partial charge in [-0.15, -0.1) is 0 Å². The zero-order chi connectivity index (χ0) is 18.0. The van der Waals surface area contributed by atoms with E-state index in [1.165, 1.54) is 0 Å². The lowest BCUT2D eigenvalue weighted by atomic mass is 10.1. The summed E-state index contributed by atoms with van der Waals surface area (Å²) in [5.41, 5.74) is 2.55. The fraction of sp³-hybridized carbons (Fsp3) is 0.316. The summed E-state index contributed by atoms with van der Waals surface area (Å²) in [7, 11) is 0. The molecule has 0 saturated carbocycles. The van der Waals surface area contributed by atoms with Crippen molar-refractivity contribution in [3.05, 3.63) is 54.6 Å². The van der Waals surface area contributed by atoms with Crippen LogP contribution < -0.4 is 5.32 Å². The van der Waals surface area contributed by atoms with Crippen molar-refractivity contribution in [1.82, 2.24) is 19.3 Å². The Morgan fingerprint density at radius 3 is 2.60 bits per heavy atom. The molecule has 3 rings (SSSR count). The van der Waals surface area contributed by atoms with Crippen LogP contribution in [-0.2, 0) is 16.9 Å². The van der Waals surface area contributed by atoms with Crippen molar-refractivity contribution >= 4 is 11.7 Å². The molecule has 0 aliphatic rings. The molecule has 0 aliphatic heterocycles. The van der Waals surface area contributed by atoms with E-state index < -0.39 is 0 Å². The Bertz CT molecular complexity index is 871. The molecule has 25 heavy (non-hydrogen) atoms. The van der Waals surface area contributed by atoms with Crippen LogP contribution in [0.3, 0.4) is 0 Å². The first-order chi connectivity index (χ1) is 11.8. The molecule has 1 N–H and O–H groups in total. The highest BCUT2D eigenvalue weighted by atomic mass is 16.2. The van der Waals surface area contributed by atoms with Crippen LogP contribution in [0.5, 0.6) is 0 Å². The smallest absolute Gasteiger partial charge is 0.245 e. The van der Waals surface area contributed by atoms with Gasteiger partial charge in [0.05, 0.1) is 23.3 Å². The van der Waals surface area contributed by atoms with Crippen molar-refractivity contribution in [3.8, 4) is 11.3 Å². The van der Waals surface area contributed by atoms with E-state index in [1.54, 1.807) is 10.9 Å². The highest BCUT2D eigenvalue weighted by Gasteiger charge is 2.20. The molecule has 6 heteroatoms. The van der Waals surface area contributed by atoms with Gasteiger partial charge in [-0.1, -0.05) is 30.3 Å². The van der Waals surface area contributed by atoms with E-state index >= 15 is 0 Å². The number of benzene rings is 1. The molecule has 0 bridgehead atoms. The number of nitrogens with one attached hydrogen (secondary N) is 1. The molecule has 3 aromatic rings. The van der Waals surface area contributed by atoms with Crippen molar-refractivity contribution in [2.75, 3.05) is 5.32 Å². The van der Waals surface area contributed by atoms with Crippen LogP contribution in [0.4, 0.5) is 5.82 Å². The Kier molecular flexibility index (Phi) is 4.44. The third-order valence-corrected chi connectivity index (χ3v) is 3.76. The first-order valence-electron chi connectivity index (χ1n) is 8.27. The molecule has 0 radical (unpaired) electrons. The summed E-state index contributed by atoms with van der Waals surface area (Å²) in [6, 6.07) is 11.8. The molecule has 0 fully saturated rings. The SMILES string of the molecule is Cc1cc(NC(=O)Cn2cnc(-c3ccccc3)c2)n(C(C)(C)C)n1. The minimum Gasteiger partial charge on any atom is -0.327 e. The van der Waals surface area contributed by atoms with Crippen LogP contribution in [0, 0.1) is 6.92 Å². The van der Waals surface area contributed by atoms with Gasteiger partial charge < -0.3 is 9.88 Å². The molecular formula is C19H23N5O. The summed E-state index contributed by atoms with van der Waals surface area (Å²) >= 11 is 0. The first-order valence-corrected chi connectivity index (χ1v) is 8.27. The van der Waals surface area contributed by atoms with Crippen molar-refractivity contribution in [1.29, 1.82) is 0 Å². The molecule has 1 amide bonds. The molecule has 6 nitrogen and oxygen atoms in total. The van der Waals surface area contributed by atoms with Crippen molar-refractivity contribution in [2.45, 2.75) is 39.8 Å². The molecule has 0 atom stereocenters. The Morgan fingerprint density at radius 1 is 1.20 bits per heavy atom. The van der Waals surface area contributed by atoms with E-state index in [9.17, 15) is 4.79 Å². The van der Waals surface area contributed by atoms with Gasteiger partial charge in [0.25, 0.3) is 0 Å². The second kappa shape index (κ2) is 6.55. The number of aryl methyl sites for hydroxylation is 1. The highest BCUT2D eigenvalue weighted by molar-refractivity contribution is 5.89. The van der Waals surface area contributed by atoms with Crippen LogP contribution in [0.1, 0.15) is 26.5 Å². The predicted molar refractivity (Wildman–Crippen MR) is 98.3 cm³/mol. The molecule has 0 saturated heterocycles. The van der Waals surface area contributed by atoms with E-state index in [2.05, 4.69) is 36.2 Å². The maximum absolute atomic E-state index is 12.4. The molecule has 0 aliphatic carbocycles. The van der Waals surface area contributed by atoms with Crippen molar-refractivity contribution in [3.63, 3.8) is 0 Å². The maximum Gasteiger partial charge on any atom is 0.245 e. The average Bonchev–Trinajstić information content (AvgIpc) is 3.14. The Labute approximate surface area is 147 Å². The number of aromatic nitrogens is 4. The van der Waals surface area contributed by atoms with Crippen LogP contribution >= 0.6 is 0 Å². The van der Waals surface area contributed by atoms with Gasteiger partial charge in [-0.2, -0.15) is 5.10 Å². The van der Waals surface area contributed by atoms with Gasteiger partial charge in [0.2, 0.25) is 5.91 Å². The molecule has 130 valence electrons. The number of nitrogens with zero attached hydrogens (tertiary/aromatic N) is 4. The van der Waals surface area contributed by atoms with Gasteiger partial charge in [-0.25, -0.2) is 9.67 Å². The average molecular weight is 337 g/mol. The number of hydrogen-bond acceptors (Lipinski definition) is 3. The number of rotatable bonds is 4. The zero-order valence-electron chi connectivity index (χ0n) is 15.0. The van der Waals surface area contributed by atoms with Gasteiger partial charge in [0.15, 0.2) is 0 Å². The molecule has 2 heterocycles. The number of amides is 1. The zero-order valence-corrected chi connectivity index (χ0v) is 15.0. The first kappa shape index (κ1) is 17.0. The van der Waals surface area contributed by atoms with Crippen LogP contribution in [0.25, 0.3) is 11.3 Å². The second-order valence-corrected chi connectivity index (χ2v) is 7.10. The monoisotopic (exact) mass is 337 g/mol. The number of carbonyl (C=O) groups excluding carboxylic acids is 1. The van der Waals surface area contributed by atoms with E-state index in [-0.39, 0.29) is 18.0 Å². The summed E-state index contributed by atoms with van der Waals surface area (Å²) < 4.78 is 3.62. The number of imidazole rings is 1. The van der Waals surface area contributed by atoms with E-state index in [1.807, 2.05) is 54.2 Å². The van der Waals surface area contributed by atoms with Gasteiger partial charge in [0, 0.05) is 17.8 Å². The summed E-state index contributed by atoms with van der Waals surface area (Å²) in [6.45, 7) is 8.28. The normalized spacial score (nSPS) is 11.5. The molecule has 1 aromatic carbocycles. The largest absolute Gasteiger partial charge is 0.327 e. The lowest BCUT2D eigenvalue weighted by molar-refractivity contribution is -0.116. The minimum absolute atomic E-state index is 0.109. The van der Waals surface area contributed by atoms with E-state index in [0.717, 1.165) is 17.0 Å². The van der Waals surface area contributed by atoms with E-state index in [4.69, 9.17) is 0 Å².